The molecule has 1 heterocycles. The average Bonchev–Trinajstić information content (AvgIpc) is 2.76. The van der Waals surface area contributed by atoms with Crippen LogP contribution in [0.2, 0.25) is 0 Å². The molecule has 0 aromatic heterocycles. The van der Waals surface area contributed by atoms with E-state index in [0.29, 0.717) is 5.92 Å². The Hall–Kier alpha value is -1.78. The Morgan fingerprint density at radius 2 is 2.28 bits per heavy atom. The number of anilines is 2. The van der Waals surface area contributed by atoms with Gasteiger partial charge in [-0.2, -0.15) is 0 Å². The highest BCUT2D eigenvalue weighted by Gasteiger charge is 2.21. The largest absolute Gasteiger partial charge is 0.385 e. The van der Waals surface area contributed by atoms with Crippen LogP contribution in [-0.4, -0.2) is 24.6 Å². The molecule has 0 aliphatic carbocycles. The Morgan fingerprint density at radius 1 is 1.50 bits per heavy atom. The molecule has 0 bridgehead atoms. The van der Waals surface area contributed by atoms with Crippen LogP contribution >= 0.6 is 0 Å². The van der Waals surface area contributed by atoms with Gasteiger partial charge in [-0.25, -0.2) is 0 Å². The van der Waals surface area contributed by atoms with Gasteiger partial charge < -0.3 is 10.2 Å². The van der Waals surface area contributed by atoms with Gasteiger partial charge in [0.05, 0.1) is 4.92 Å². The molecule has 98 valence electrons. The highest BCUT2D eigenvalue weighted by atomic mass is 16.6. The zero-order valence-electron chi connectivity index (χ0n) is 10.8. The lowest BCUT2D eigenvalue weighted by atomic mass is 10.2. The van der Waals surface area contributed by atoms with Crippen LogP contribution in [0.3, 0.4) is 0 Å². The number of hydrogen-bond donors (Lipinski definition) is 1. The second kappa shape index (κ2) is 5.25. The molecule has 1 aliphatic rings. The van der Waals surface area contributed by atoms with Crippen LogP contribution in [0.4, 0.5) is 17.1 Å². The van der Waals surface area contributed by atoms with Gasteiger partial charge in [0.15, 0.2) is 0 Å². The number of hydrogen-bond acceptors (Lipinski definition) is 4. The molecule has 0 spiro atoms. The molecule has 1 aliphatic heterocycles. The lowest BCUT2D eigenvalue weighted by molar-refractivity contribution is -0.384. The van der Waals surface area contributed by atoms with E-state index in [0.717, 1.165) is 37.4 Å². The van der Waals surface area contributed by atoms with E-state index in [-0.39, 0.29) is 10.6 Å². The molecule has 1 fully saturated rings. The fourth-order valence-electron chi connectivity index (χ4n) is 2.36. The normalized spacial score (nSPS) is 19.0. The van der Waals surface area contributed by atoms with E-state index >= 15 is 0 Å². The third-order valence-corrected chi connectivity index (χ3v) is 3.28. The van der Waals surface area contributed by atoms with Crippen LogP contribution in [0.1, 0.15) is 20.3 Å². The number of nitrogens with zero attached hydrogens (tertiary/aromatic N) is 2. The van der Waals surface area contributed by atoms with E-state index in [1.807, 2.05) is 13.0 Å². The maximum atomic E-state index is 10.9. The molecule has 5 heteroatoms. The average molecular weight is 249 g/mol. The Bertz CT molecular complexity index is 448. The smallest absolute Gasteiger partial charge is 0.273 e. The summed E-state index contributed by atoms with van der Waals surface area (Å²) in [6, 6.07) is 5.25. The number of nitrogens with one attached hydrogen (secondary N) is 1. The molecule has 5 nitrogen and oxygen atoms in total. The maximum absolute atomic E-state index is 10.9. The van der Waals surface area contributed by atoms with E-state index in [9.17, 15) is 10.1 Å². The van der Waals surface area contributed by atoms with Gasteiger partial charge in [-0.3, -0.25) is 10.1 Å². The summed E-state index contributed by atoms with van der Waals surface area (Å²) in [6.45, 7) is 6.91. The van der Waals surface area contributed by atoms with E-state index in [1.54, 1.807) is 12.1 Å². The minimum atomic E-state index is -0.330. The van der Waals surface area contributed by atoms with Crippen molar-refractivity contribution in [1.82, 2.24) is 0 Å². The monoisotopic (exact) mass is 249 g/mol. The third-order valence-electron chi connectivity index (χ3n) is 3.28. The summed E-state index contributed by atoms with van der Waals surface area (Å²) < 4.78 is 0. The van der Waals surface area contributed by atoms with Crippen molar-refractivity contribution in [2.24, 2.45) is 5.92 Å². The Balaban J connectivity index is 2.30. The number of rotatable bonds is 4. The van der Waals surface area contributed by atoms with Gasteiger partial charge in [0.2, 0.25) is 0 Å². The van der Waals surface area contributed by atoms with Gasteiger partial charge in [0, 0.05) is 43.1 Å². The zero-order chi connectivity index (χ0) is 13.1. The first-order valence-electron chi connectivity index (χ1n) is 6.38. The summed E-state index contributed by atoms with van der Waals surface area (Å²) in [5, 5.41) is 14.1. The third kappa shape index (κ3) is 2.72. The number of non-ortho nitro benzene ring substituents is 1. The van der Waals surface area contributed by atoms with Gasteiger partial charge in [0.25, 0.3) is 5.69 Å². The second-order valence-corrected chi connectivity index (χ2v) is 4.87. The molecule has 18 heavy (non-hydrogen) atoms. The van der Waals surface area contributed by atoms with Crippen LogP contribution in [0.25, 0.3) is 0 Å². The molecule has 1 saturated heterocycles. The standard InChI is InChI=1S/C13H19N3O2/c1-3-14-11-6-12(8-13(7-11)16(17)18)15-5-4-10(2)9-15/h6-8,10,14H,3-5,9H2,1-2H3. The van der Waals surface area contributed by atoms with Gasteiger partial charge in [-0.05, 0) is 25.3 Å². The van der Waals surface area contributed by atoms with Crippen molar-refractivity contribution in [3.8, 4) is 0 Å². The molecule has 0 amide bonds. The molecule has 1 unspecified atom stereocenters. The van der Waals surface area contributed by atoms with Crippen LogP contribution < -0.4 is 10.2 Å². The fourth-order valence-corrected chi connectivity index (χ4v) is 2.36. The molecule has 0 radical (unpaired) electrons. The van der Waals surface area contributed by atoms with Crippen molar-refractivity contribution < 1.29 is 4.92 Å². The van der Waals surface area contributed by atoms with Crippen LogP contribution in [0, 0.1) is 16.0 Å². The van der Waals surface area contributed by atoms with Crippen LogP contribution in [0.15, 0.2) is 18.2 Å². The molecule has 1 aromatic carbocycles. The van der Waals surface area contributed by atoms with Crippen molar-refractivity contribution in [2.75, 3.05) is 29.9 Å². The number of benzene rings is 1. The molecule has 1 atom stereocenters. The molecular weight excluding hydrogens is 230 g/mol. The second-order valence-electron chi connectivity index (χ2n) is 4.87. The Kier molecular flexibility index (Phi) is 3.69. The first-order valence-corrected chi connectivity index (χ1v) is 6.38. The molecule has 2 rings (SSSR count). The quantitative estimate of drug-likeness (QED) is 0.658. The predicted octanol–water partition coefficient (Wildman–Crippen LogP) is 2.87. The number of nitro benzene ring substituents is 1. The van der Waals surface area contributed by atoms with E-state index in [2.05, 4.69) is 17.1 Å². The first kappa shape index (κ1) is 12.7. The highest BCUT2D eigenvalue weighted by molar-refractivity contribution is 5.64. The van der Waals surface area contributed by atoms with Crippen molar-refractivity contribution in [1.29, 1.82) is 0 Å². The lowest BCUT2D eigenvalue weighted by Gasteiger charge is -2.19. The lowest BCUT2D eigenvalue weighted by Crippen LogP contribution is -2.19. The van der Waals surface area contributed by atoms with Crippen LogP contribution in [-0.2, 0) is 0 Å². The van der Waals surface area contributed by atoms with E-state index < -0.39 is 0 Å². The molecule has 1 N–H and O–H groups in total. The molecule has 0 saturated carbocycles. The summed E-state index contributed by atoms with van der Waals surface area (Å²) in [6.07, 6.45) is 1.15. The van der Waals surface area contributed by atoms with E-state index in [1.165, 1.54) is 0 Å². The first-order chi connectivity index (χ1) is 8.60. The highest BCUT2D eigenvalue weighted by Crippen LogP contribution is 2.30. The van der Waals surface area contributed by atoms with Gasteiger partial charge >= 0.3 is 0 Å². The minimum absolute atomic E-state index is 0.156. The molecular formula is C13H19N3O2. The van der Waals surface area contributed by atoms with Crippen molar-refractivity contribution in [2.45, 2.75) is 20.3 Å². The van der Waals surface area contributed by atoms with Crippen LogP contribution in [0.5, 0.6) is 0 Å². The maximum Gasteiger partial charge on any atom is 0.273 e. The predicted molar refractivity (Wildman–Crippen MR) is 73.3 cm³/mol. The number of nitro groups is 1. The SMILES string of the molecule is CCNc1cc(N2CCC(C)C2)cc([N+](=O)[O-])c1. The molecule has 1 aromatic rings. The minimum Gasteiger partial charge on any atom is -0.385 e. The summed E-state index contributed by atoms with van der Waals surface area (Å²) in [5.74, 6) is 0.659. The Labute approximate surface area is 107 Å². The topological polar surface area (TPSA) is 58.4 Å². The fraction of sp³-hybridized carbons (Fsp3) is 0.538. The van der Waals surface area contributed by atoms with Crippen molar-refractivity contribution >= 4 is 17.1 Å². The zero-order valence-corrected chi connectivity index (χ0v) is 10.8. The van der Waals surface area contributed by atoms with Crippen molar-refractivity contribution in [3.63, 3.8) is 0 Å². The van der Waals surface area contributed by atoms with E-state index in [4.69, 9.17) is 0 Å². The summed E-state index contributed by atoms with van der Waals surface area (Å²) in [5.41, 5.74) is 1.92. The summed E-state index contributed by atoms with van der Waals surface area (Å²) >= 11 is 0. The summed E-state index contributed by atoms with van der Waals surface area (Å²) in [4.78, 5) is 12.8. The van der Waals surface area contributed by atoms with Crippen molar-refractivity contribution in [3.05, 3.63) is 28.3 Å². The van der Waals surface area contributed by atoms with Gasteiger partial charge in [-0.1, -0.05) is 6.92 Å². The summed E-state index contributed by atoms with van der Waals surface area (Å²) in [7, 11) is 0. The Morgan fingerprint density at radius 3 is 2.83 bits per heavy atom. The van der Waals surface area contributed by atoms with Gasteiger partial charge in [0.1, 0.15) is 0 Å². The van der Waals surface area contributed by atoms with Gasteiger partial charge in [-0.15, -0.1) is 0 Å².